The van der Waals surface area contributed by atoms with Gasteiger partial charge in [-0.3, -0.25) is 9.69 Å². The zero-order valence-electron chi connectivity index (χ0n) is 18.1. The average Bonchev–Trinajstić information content (AvgIpc) is 3.18. The first-order valence-electron chi connectivity index (χ1n) is 10.2. The van der Waals surface area contributed by atoms with Crippen LogP contribution in [0.15, 0.2) is 42.5 Å². The number of amides is 1. The standard InChI is InChI=1S/C23H29N3O3S/c1-5-25(6-2)13-14-26(22(27)16-29-20-10-8-7-9-17(20)3)23-24-19-12-11-18(28-4)15-21(19)30-23/h7-12,15H,5-6,13-14,16H2,1-4H3. The highest BCUT2D eigenvalue weighted by Gasteiger charge is 2.21. The summed E-state index contributed by atoms with van der Waals surface area (Å²) in [6, 6.07) is 13.5. The van der Waals surface area contributed by atoms with Gasteiger partial charge in [-0.25, -0.2) is 4.98 Å². The number of likely N-dealkylation sites (N-methyl/N-ethyl adjacent to an activating group) is 1. The summed E-state index contributed by atoms with van der Waals surface area (Å²) in [6.45, 7) is 9.42. The lowest BCUT2D eigenvalue weighted by Crippen LogP contribution is -2.41. The summed E-state index contributed by atoms with van der Waals surface area (Å²) in [6.07, 6.45) is 0. The summed E-state index contributed by atoms with van der Waals surface area (Å²) in [5.41, 5.74) is 1.86. The van der Waals surface area contributed by atoms with E-state index in [1.165, 1.54) is 11.3 Å². The van der Waals surface area contributed by atoms with Crippen molar-refractivity contribution in [2.45, 2.75) is 20.8 Å². The van der Waals surface area contributed by atoms with Gasteiger partial charge < -0.3 is 14.4 Å². The Hall–Kier alpha value is -2.64. The Kier molecular flexibility index (Phi) is 7.65. The van der Waals surface area contributed by atoms with Crippen LogP contribution in [0.2, 0.25) is 0 Å². The van der Waals surface area contributed by atoms with Crippen molar-refractivity contribution in [1.29, 1.82) is 0 Å². The Morgan fingerprint density at radius 3 is 2.57 bits per heavy atom. The Labute approximate surface area is 182 Å². The van der Waals surface area contributed by atoms with Gasteiger partial charge in [-0.05, 0) is 49.8 Å². The molecule has 0 saturated heterocycles. The average molecular weight is 428 g/mol. The van der Waals surface area contributed by atoms with Crippen LogP contribution in [0.25, 0.3) is 10.2 Å². The second kappa shape index (κ2) is 10.4. The van der Waals surface area contributed by atoms with Crippen molar-refractivity contribution in [3.8, 4) is 11.5 Å². The van der Waals surface area contributed by atoms with Gasteiger partial charge >= 0.3 is 0 Å². The predicted molar refractivity (Wildman–Crippen MR) is 123 cm³/mol. The van der Waals surface area contributed by atoms with Gasteiger partial charge in [0.25, 0.3) is 5.91 Å². The Morgan fingerprint density at radius 1 is 1.10 bits per heavy atom. The van der Waals surface area contributed by atoms with Gasteiger partial charge in [-0.15, -0.1) is 0 Å². The second-order valence-electron chi connectivity index (χ2n) is 6.96. The van der Waals surface area contributed by atoms with Crippen LogP contribution in [-0.4, -0.2) is 55.7 Å². The van der Waals surface area contributed by atoms with Gasteiger partial charge in [-0.2, -0.15) is 0 Å². The van der Waals surface area contributed by atoms with E-state index in [0.29, 0.717) is 11.7 Å². The van der Waals surface area contributed by atoms with Gasteiger partial charge in [0.05, 0.1) is 17.3 Å². The van der Waals surface area contributed by atoms with E-state index >= 15 is 0 Å². The molecule has 0 radical (unpaired) electrons. The van der Waals surface area contributed by atoms with Crippen molar-refractivity contribution < 1.29 is 14.3 Å². The van der Waals surface area contributed by atoms with Gasteiger partial charge in [0, 0.05) is 13.1 Å². The number of hydrogen-bond acceptors (Lipinski definition) is 6. The number of hydrogen-bond donors (Lipinski definition) is 0. The third-order valence-electron chi connectivity index (χ3n) is 5.10. The third-order valence-corrected chi connectivity index (χ3v) is 6.14. The van der Waals surface area contributed by atoms with E-state index in [4.69, 9.17) is 14.5 Å². The van der Waals surface area contributed by atoms with E-state index in [0.717, 1.165) is 46.9 Å². The number of nitrogens with zero attached hydrogens (tertiary/aromatic N) is 3. The lowest BCUT2D eigenvalue weighted by atomic mass is 10.2. The molecule has 0 fully saturated rings. The number of aromatic nitrogens is 1. The van der Waals surface area contributed by atoms with E-state index in [9.17, 15) is 4.79 Å². The number of carbonyl (C=O) groups is 1. The van der Waals surface area contributed by atoms with E-state index in [-0.39, 0.29) is 12.5 Å². The zero-order valence-corrected chi connectivity index (χ0v) is 18.9. The molecule has 3 rings (SSSR count). The first-order valence-corrected chi connectivity index (χ1v) is 11.0. The minimum absolute atomic E-state index is 0.0254. The largest absolute Gasteiger partial charge is 0.497 e. The highest BCUT2D eigenvalue weighted by atomic mass is 32.1. The quantitative estimate of drug-likeness (QED) is 0.481. The molecule has 6 nitrogen and oxygen atoms in total. The Balaban J connectivity index is 1.82. The molecule has 0 saturated carbocycles. The van der Waals surface area contributed by atoms with Crippen molar-refractivity contribution in [3.05, 3.63) is 48.0 Å². The third kappa shape index (κ3) is 5.29. The summed E-state index contributed by atoms with van der Waals surface area (Å²) in [5, 5.41) is 0.684. The summed E-state index contributed by atoms with van der Waals surface area (Å²) >= 11 is 1.49. The zero-order chi connectivity index (χ0) is 21.5. The molecule has 7 heteroatoms. The normalized spacial score (nSPS) is 11.1. The first kappa shape index (κ1) is 22.1. The Bertz CT molecular complexity index is 985. The van der Waals surface area contributed by atoms with Gasteiger partial charge in [-0.1, -0.05) is 43.4 Å². The molecule has 3 aromatic rings. The van der Waals surface area contributed by atoms with Crippen LogP contribution >= 0.6 is 11.3 Å². The molecule has 30 heavy (non-hydrogen) atoms. The number of aryl methyl sites for hydroxylation is 1. The molecule has 1 amide bonds. The molecule has 160 valence electrons. The van der Waals surface area contributed by atoms with Gasteiger partial charge in [0.15, 0.2) is 11.7 Å². The van der Waals surface area contributed by atoms with Crippen LogP contribution in [0.5, 0.6) is 11.5 Å². The highest BCUT2D eigenvalue weighted by molar-refractivity contribution is 7.22. The molecule has 0 unspecified atom stereocenters. The van der Waals surface area contributed by atoms with Crippen molar-refractivity contribution in [2.75, 3.05) is 44.8 Å². The van der Waals surface area contributed by atoms with Gasteiger partial charge in [0.1, 0.15) is 11.5 Å². The lowest BCUT2D eigenvalue weighted by molar-refractivity contribution is -0.120. The summed E-state index contributed by atoms with van der Waals surface area (Å²) in [4.78, 5) is 21.9. The minimum atomic E-state index is -0.101. The molecule has 0 N–H and O–H groups in total. The highest BCUT2D eigenvalue weighted by Crippen LogP contribution is 2.31. The second-order valence-corrected chi connectivity index (χ2v) is 7.97. The van der Waals surface area contributed by atoms with Crippen molar-refractivity contribution in [2.24, 2.45) is 0 Å². The van der Waals surface area contributed by atoms with Crippen LogP contribution in [-0.2, 0) is 4.79 Å². The number of anilines is 1. The maximum atomic E-state index is 13.1. The van der Waals surface area contributed by atoms with Crippen LogP contribution < -0.4 is 14.4 Å². The maximum absolute atomic E-state index is 13.1. The number of para-hydroxylation sites is 1. The van der Waals surface area contributed by atoms with Crippen molar-refractivity contribution in [3.63, 3.8) is 0 Å². The van der Waals surface area contributed by atoms with Crippen LogP contribution in [0.4, 0.5) is 5.13 Å². The molecular formula is C23H29N3O3S. The lowest BCUT2D eigenvalue weighted by Gasteiger charge is -2.24. The van der Waals surface area contributed by atoms with Crippen molar-refractivity contribution >= 4 is 32.6 Å². The van der Waals surface area contributed by atoms with Crippen molar-refractivity contribution in [1.82, 2.24) is 9.88 Å². The van der Waals surface area contributed by atoms with E-state index in [1.54, 1.807) is 12.0 Å². The number of carbonyl (C=O) groups excluding carboxylic acids is 1. The predicted octanol–water partition coefficient (Wildman–Crippen LogP) is 4.37. The fraction of sp³-hybridized carbons (Fsp3) is 0.391. The smallest absolute Gasteiger partial charge is 0.266 e. The molecule has 0 atom stereocenters. The fourth-order valence-corrected chi connectivity index (χ4v) is 4.22. The van der Waals surface area contributed by atoms with Crippen LogP contribution in [0, 0.1) is 6.92 Å². The monoisotopic (exact) mass is 427 g/mol. The van der Waals surface area contributed by atoms with Crippen LogP contribution in [0.3, 0.4) is 0 Å². The van der Waals surface area contributed by atoms with Gasteiger partial charge in [0.2, 0.25) is 0 Å². The molecule has 0 spiro atoms. The number of fused-ring (bicyclic) bond motifs is 1. The molecule has 0 aliphatic rings. The SMILES string of the molecule is CCN(CC)CCN(C(=O)COc1ccccc1C)c1nc2ccc(OC)cc2s1. The maximum Gasteiger partial charge on any atom is 0.266 e. The molecule has 1 heterocycles. The first-order chi connectivity index (χ1) is 14.5. The summed E-state index contributed by atoms with van der Waals surface area (Å²) in [7, 11) is 1.64. The minimum Gasteiger partial charge on any atom is -0.497 e. The molecule has 0 aliphatic carbocycles. The number of methoxy groups -OCH3 is 1. The van der Waals surface area contributed by atoms with E-state index in [2.05, 4.69) is 18.7 Å². The number of rotatable bonds is 10. The molecule has 0 aliphatic heterocycles. The number of thiazole rings is 1. The van der Waals surface area contributed by atoms with E-state index in [1.807, 2.05) is 49.4 Å². The summed E-state index contributed by atoms with van der Waals surface area (Å²) in [5.74, 6) is 1.40. The fourth-order valence-electron chi connectivity index (χ4n) is 3.18. The topological polar surface area (TPSA) is 54.9 Å². The number of benzene rings is 2. The Morgan fingerprint density at radius 2 is 1.87 bits per heavy atom. The summed E-state index contributed by atoms with van der Waals surface area (Å²) < 4.78 is 12.1. The molecular weight excluding hydrogens is 398 g/mol. The molecule has 1 aromatic heterocycles. The van der Waals surface area contributed by atoms with E-state index < -0.39 is 0 Å². The van der Waals surface area contributed by atoms with Crippen LogP contribution in [0.1, 0.15) is 19.4 Å². The number of ether oxygens (including phenoxy) is 2. The molecule has 2 aromatic carbocycles. The molecule has 0 bridgehead atoms.